The van der Waals surface area contributed by atoms with Gasteiger partial charge in [-0.15, -0.1) is 0 Å². The molecule has 2 atom stereocenters. The minimum absolute atomic E-state index is 0.183. The summed E-state index contributed by atoms with van der Waals surface area (Å²) in [4.78, 5) is 0. The summed E-state index contributed by atoms with van der Waals surface area (Å²) in [7, 11) is 3.41. The van der Waals surface area contributed by atoms with E-state index in [1.807, 2.05) is 12.1 Å². The number of rotatable bonds is 6. The second-order valence-corrected chi connectivity index (χ2v) is 10.5. The van der Waals surface area contributed by atoms with E-state index in [1.54, 1.807) is 14.2 Å². The summed E-state index contributed by atoms with van der Waals surface area (Å²) in [5.74, 6) is 2.55. The molecule has 4 aromatic rings. The van der Waals surface area contributed by atoms with Crippen LogP contribution in [-0.4, -0.2) is 20.3 Å². The lowest BCUT2D eigenvalue weighted by molar-refractivity contribution is 0.296. The maximum absolute atomic E-state index is 6.72. The van der Waals surface area contributed by atoms with Crippen LogP contribution in [0.15, 0.2) is 65.1 Å². The first-order valence-electron chi connectivity index (χ1n) is 12.3. The third-order valence-electron chi connectivity index (χ3n) is 7.07. The number of hydrogen-bond acceptors (Lipinski definition) is 4. The van der Waals surface area contributed by atoms with E-state index in [1.165, 1.54) is 11.1 Å². The van der Waals surface area contributed by atoms with Crippen LogP contribution in [0.25, 0.3) is 21.9 Å². The van der Waals surface area contributed by atoms with Gasteiger partial charge in [0.1, 0.15) is 23.9 Å². The number of halogens is 1. The Kier molecular flexibility index (Phi) is 6.96. The van der Waals surface area contributed by atoms with E-state index in [2.05, 4.69) is 90.5 Å². The second kappa shape index (κ2) is 10.2. The van der Waals surface area contributed by atoms with Crippen LogP contribution in [-0.2, 0) is 13.0 Å². The zero-order valence-corrected chi connectivity index (χ0v) is 23.0. The number of methoxy groups -OCH3 is 2. The zero-order chi connectivity index (χ0) is 25.4. The van der Waals surface area contributed by atoms with Gasteiger partial charge in [0.15, 0.2) is 0 Å². The molecule has 0 aliphatic carbocycles. The maximum Gasteiger partial charge on any atom is 0.132 e. The van der Waals surface area contributed by atoms with Gasteiger partial charge in [0.25, 0.3) is 0 Å². The highest BCUT2D eigenvalue weighted by Gasteiger charge is 2.28. The first-order valence-corrected chi connectivity index (χ1v) is 13.1. The monoisotopic (exact) mass is 545 g/mol. The molecule has 1 heterocycles. The van der Waals surface area contributed by atoms with Gasteiger partial charge in [0, 0.05) is 27.7 Å². The van der Waals surface area contributed by atoms with E-state index in [0.717, 1.165) is 61.2 Å². The van der Waals surface area contributed by atoms with Crippen molar-refractivity contribution in [3.05, 3.63) is 87.4 Å². The summed E-state index contributed by atoms with van der Waals surface area (Å²) >= 11 is 3.53. The number of benzene rings is 4. The molecule has 4 aromatic carbocycles. The van der Waals surface area contributed by atoms with Crippen LogP contribution in [0.2, 0.25) is 0 Å². The molecule has 0 unspecified atom stereocenters. The highest BCUT2D eigenvalue weighted by atomic mass is 79.9. The van der Waals surface area contributed by atoms with Gasteiger partial charge in [0.2, 0.25) is 0 Å². The Hall–Kier alpha value is -3.02. The number of hydrogen-bond donors (Lipinski definition) is 1. The molecule has 0 amide bonds. The van der Waals surface area contributed by atoms with E-state index in [-0.39, 0.29) is 6.04 Å². The van der Waals surface area contributed by atoms with Gasteiger partial charge < -0.3 is 19.5 Å². The number of nitrogens with one attached hydrogen (secondary N) is 1. The van der Waals surface area contributed by atoms with Crippen molar-refractivity contribution in [2.24, 2.45) is 0 Å². The highest BCUT2D eigenvalue weighted by Crippen LogP contribution is 2.47. The molecule has 0 aromatic heterocycles. The molecule has 0 spiro atoms. The molecule has 186 valence electrons. The Morgan fingerprint density at radius 3 is 2.42 bits per heavy atom. The molecule has 5 rings (SSSR count). The molecule has 36 heavy (non-hydrogen) atoms. The van der Waals surface area contributed by atoms with Gasteiger partial charge in [-0.3, -0.25) is 0 Å². The summed E-state index contributed by atoms with van der Waals surface area (Å²) in [6, 6.07) is 21.7. The average molecular weight is 547 g/mol. The van der Waals surface area contributed by atoms with Crippen molar-refractivity contribution in [1.29, 1.82) is 0 Å². The van der Waals surface area contributed by atoms with Gasteiger partial charge in [-0.1, -0.05) is 52.3 Å². The molecule has 0 radical (unpaired) electrons. The smallest absolute Gasteiger partial charge is 0.132 e. The third kappa shape index (κ3) is 4.46. The SMILES string of the molecule is COc1cccc2c(-c3ccc4c(c3OCc3ccc(Br)cc3)[C@@H](C)N[C@H](C)C4)c(C)cc(OC)c12. The number of fused-ring (bicyclic) bond motifs is 2. The largest absolute Gasteiger partial charge is 0.496 e. The van der Waals surface area contributed by atoms with Gasteiger partial charge >= 0.3 is 0 Å². The fraction of sp³-hybridized carbons (Fsp3) is 0.290. The lowest BCUT2D eigenvalue weighted by Crippen LogP contribution is -2.36. The molecule has 0 fully saturated rings. The first kappa shape index (κ1) is 24.7. The summed E-state index contributed by atoms with van der Waals surface area (Å²) in [5, 5.41) is 5.78. The van der Waals surface area contributed by atoms with Gasteiger partial charge in [-0.25, -0.2) is 0 Å². The zero-order valence-electron chi connectivity index (χ0n) is 21.4. The Labute approximate surface area is 221 Å². The van der Waals surface area contributed by atoms with E-state index in [4.69, 9.17) is 14.2 Å². The van der Waals surface area contributed by atoms with Crippen molar-refractivity contribution in [1.82, 2.24) is 5.32 Å². The maximum atomic E-state index is 6.72. The van der Waals surface area contributed by atoms with Crippen LogP contribution >= 0.6 is 15.9 Å². The van der Waals surface area contributed by atoms with E-state index in [9.17, 15) is 0 Å². The summed E-state index contributed by atoms with van der Waals surface area (Å²) in [6.45, 7) is 7.10. The molecule has 4 nitrogen and oxygen atoms in total. The summed E-state index contributed by atoms with van der Waals surface area (Å²) < 4.78 is 19.3. The Morgan fingerprint density at radius 2 is 1.69 bits per heavy atom. The van der Waals surface area contributed by atoms with Gasteiger partial charge in [0.05, 0.1) is 19.6 Å². The van der Waals surface area contributed by atoms with Gasteiger partial charge in [-0.05, 0) is 79.1 Å². The van der Waals surface area contributed by atoms with Crippen molar-refractivity contribution >= 4 is 26.7 Å². The molecule has 1 N–H and O–H groups in total. The van der Waals surface area contributed by atoms with Crippen LogP contribution in [0.4, 0.5) is 0 Å². The van der Waals surface area contributed by atoms with Crippen LogP contribution in [0, 0.1) is 6.92 Å². The van der Waals surface area contributed by atoms with Crippen molar-refractivity contribution in [3.63, 3.8) is 0 Å². The lowest BCUT2D eigenvalue weighted by atomic mass is 9.85. The highest BCUT2D eigenvalue weighted by molar-refractivity contribution is 9.10. The fourth-order valence-electron chi connectivity index (χ4n) is 5.52. The van der Waals surface area contributed by atoms with Crippen LogP contribution in [0.3, 0.4) is 0 Å². The fourth-order valence-corrected chi connectivity index (χ4v) is 5.78. The average Bonchev–Trinajstić information content (AvgIpc) is 2.87. The van der Waals surface area contributed by atoms with Crippen molar-refractivity contribution < 1.29 is 14.2 Å². The lowest BCUT2D eigenvalue weighted by Gasteiger charge is -2.32. The summed E-state index contributed by atoms with van der Waals surface area (Å²) in [6.07, 6.45) is 0.977. The van der Waals surface area contributed by atoms with Crippen LogP contribution in [0.5, 0.6) is 17.2 Å². The van der Waals surface area contributed by atoms with E-state index >= 15 is 0 Å². The van der Waals surface area contributed by atoms with Crippen molar-refractivity contribution in [3.8, 4) is 28.4 Å². The Morgan fingerprint density at radius 1 is 0.944 bits per heavy atom. The standard InChI is InChI=1S/C31H32BrNO3/c1-18-15-27(35-5)30-24(7-6-8-26(30)34-4)28(18)25-14-11-22-16-19(2)33-20(3)29(22)31(25)36-17-21-9-12-23(32)13-10-21/h6-15,19-20,33H,16-17H2,1-5H3/t19-,20-/m1/s1. The topological polar surface area (TPSA) is 39.7 Å². The molecule has 1 aliphatic rings. The van der Waals surface area contributed by atoms with Crippen molar-refractivity contribution in [2.75, 3.05) is 14.2 Å². The first-order chi connectivity index (χ1) is 17.4. The second-order valence-electron chi connectivity index (χ2n) is 9.58. The van der Waals surface area contributed by atoms with Crippen LogP contribution < -0.4 is 19.5 Å². The Balaban J connectivity index is 1.74. The quantitative estimate of drug-likeness (QED) is 0.268. The molecular formula is C31H32BrNO3. The van der Waals surface area contributed by atoms with Gasteiger partial charge in [-0.2, -0.15) is 0 Å². The van der Waals surface area contributed by atoms with E-state index in [0.29, 0.717) is 12.6 Å². The predicted molar refractivity (Wildman–Crippen MR) is 150 cm³/mol. The minimum Gasteiger partial charge on any atom is -0.496 e. The molecule has 5 heteroatoms. The molecule has 1 aliphatic heterocycles. The predicted octanol–water partition coefficient (Wildman–Crippen LogP) is 7.77. The Bertz CT molecular complexity index is 1410. The number of aryl methyl sites for hydroxylation is 1. The third-order valence-corrected chi connectivity index (χ3v) is 7.60. The van der Waals surface area contributed by atoms with E-state index < -0.39 is 0 Å². The minimum atomic E-state index is 0.183. The molecule has 0 bridgehead atoms. The normalized spacial score (nSPS) is 17.1. The molecule has 0 saturated heterocycles. The van der Waals surface area contributed by atoms with Crippen LogP contribution in [0.1, 0.15) is 42.1 Å². The molecular weight excluding hydrogens is 514 g/mol. The van der Waals surface area contributed by atoms with Crippen molar-refractivity contribution in [2.45, 2.75) is 45.9 Å². The number of ether oxygens (including phenoxy) is 3. The summed E-state index contributed by atoms with van der Waals surface area (Å²) in [5.41, 5.74) is 7.08. The molecule has 0 saturated carbocycles.